The summed E-state index contributed by atoms with van der Waals surface area (Å²) in [7, 11) is -3.51. The number of carbonyl (C=O) groups excluding carboxylic acids is 1. The molecule has 6 heteroatoms. The second-order valence-corrected chi connectivity index (χ2v) is 6.77. The SMILES string of the molecule is Cc1cc(C)cc(S(=O)(=O)N2CCNC(=O)CC2)c1. The van der Waals surface area contributed by atoms with Crippen LogP contribution in [0.1, 0.15) is 17.5 Å². The molecule has 5 nitrogen and oxygen atoms in total. The van der Waals surface area contributed by atoms with Gasteiger partial charge < -0.3 is 5.32 Å². The Morgan fingerprint density at radius 1 is 1.11 bits per heavy atom. The summed E-state index contributed by atoms with van der Waals surface area (Å²) >= 11 is 0. The Balaban J connectivity index is 2.33. The normalized spacial score (nSPS) is 17.9. The van der Waals surface area contributed by atoms with Gasteiger partial charge in [0.2, 0.25) is 15.9 Å². The molecular formula is C13H18N2O3S. The lowest BCUT2D eigenvalue weighted by molar-refractivity contribution is -0.120. The number of rotatable bonds is 2. The molecule has 19 heavy (non-hydrogen) atoms. The van der Waals surface area contributed by atoms with Gasteiger partial charge in [-0.1, -0.05) is 6.07 Å². The minimum atomic E-state index is -3.51. The number of nitrogens with zero attached hydrogens (tertiary/aromatic N) is 1. The summed E-state index contributed by atoms with van der Waals surface area (Å²) in [5, 5.41) is 2.68. The van der Waals surface area contributed by atoms with E-state index >= 15 is 0 Å². The van der Waals surface area contributed by atoms with Crippen molar-refractivity contribution in [3.05, 3.63) is 29.3 Å². The Morgan fingerprint density at radius 2 is 1.74 bits per heavy atom. The molecule has 104 valence electrons. The zero-order valence-corrected chi connectivity index (χ0v) is 12.0. The monoisotopic (exact) mass is 282 g/mol. The molecule has 1 aliphatic rings. The summed E-state index contributed by atoms with van der Waals surface area (Å²) in [5.74, 6) is -0.0990. The molecule has 1 aromatic rings. The first-order chi connectivity index (χ1) is 8.89. The maximum atomic E-state index is 12.5. The average Bonchev–Trinajstić information content (AvgIpc) is 2.53. The van der Waals surface area contributed by atoms with Crippen LogP contribution in [0.25, 0.3) is 0 Å². The number of hydrogen-bond acceptors (Lipinski definition) is 3. The molecular weight excluding hydrogens is 264 g/mol. The molecule has 0 saturated carbocycles. The van der Waals surface area contributed by atoms with Gasteiger partial charge in [0.15, 0.2) is 0 Å². The molecule has 1 heterocycles. The summed E-state index contributed by atoms with van der Waals surface area (Å²) in [6, 6.07) is 5.28. The van der Waals surface area contributed by atoms with Crippen LogP contribution >= 0.6 is 0 Å². The van der Waals surface area contributed by atoms with Gasteiger partial charge >= 0.3 is 0 Å². The Kier molecular flexibility index (Phi) is 3.91. The third kappa shape index (κ3) is 3.13. The van der Waals surface area contributed by atoms with Crippen LogP contribution in [0.2, 0.25) is 0 Å². The molecule has 1 aliphatic heterocycles. The lowest BCUT2D eigenvalue weighted by atomic mass is 10.2. The van der Waals surface area contributed by atoms with Crippen molar-refractivity contribution in [2.75, 3.05) is 19.6 Å². The number of amides is 1. The highest BCUT2D eigenvalue weighted by Crippen LogP contribution is 2.19. The van der Waals surface area contributed by atoms with E-state index < -0.39 is 10.0 Å². The quantitative estimate of drug-likeness (QED) is 0.873. The largest absolute Gasteiger partial charge is 0.355 e. The molecule has 0 radical (unpaired) electrons. The summed E-state index contributed by atoms with van der Waals surface area (Å²) in [6.45, 7) is 4.67. The van der Waals surface area contributed by atoms with E-state index in [9.17, 15) is 13.2 Å². The van der Waals surface area contributed by atoms with Crippen LogP contribution in [0.15, 0.2) is 23.1 Å². The molecule has 0 aliphatic carbocycles. The van der Waals surface area contributed by atoms with E-state index in [1.807, 2.05) is 19.9 Å². The van der Waals surface area contributed by atoms with Gasteiger partial charge in [-0.15, -0.1) is 0 Å². The Bertz CT molecular complexity index is 576. The molecule has 1 amide bonds. The standard InChI is InChI=1S/C13H18N2O3S/c1-10-7-11(2)9-12(8-10)19(17,18)15-5-3-13(16)14-4-6-15/h7-9H,3-6H2,1-2H3,(H,14,16). The van der Waals surface area contributed by atoms with Gasteiger partial charge in [-0.3, -0.25) is 4.79 Å². The first-order valence-electron chi connectivity index (χ1n) is 6.25. The van der Waals surface area contributed by atoms with Gasteiger partial charge in [0, 0.05) is 26.1 Å². The third-order valence-electron chi connectivity index (χ3n) is 3.10. The van der Waals surface area contributed by atoms with E-state index in [2.05, 4.69) is 5.32 Å². The fourth-order valence-corrected chi connectivity index (χ4v) is 3.85. The summed E-state index contributed by atoms with van der Waals surface area (Å²) < 4.78 is 26.5. The number of nitrogens with one attached hydrogen (secondary N) is 1. The highest BCUT2D eigenvalue weighted by molar-refractivity contribution is 7.89. The van der Waals surface area contributed by atoms with Crippen molar-refractivity contribution in [2.24, 2.45) is 0 Å². The lowest BCUT2D eigenvalue weighted by Gasteiger charge is -2.19. The van der Waals surface area contributed by atoms with Crippen LogP contribution in [-0.4, -0.2) is 38.3 Å². The summed E-state index contributed by atoms with van der Waals surface area (Å²) in [4.78, 5) is 11.6. The van der Waals surface area contributed by atoms with Gasteiger partial charge in [0.05, 0.1) is 4.90 Å². The van der Waals surface area contributed by atoms with Crippen LogP contribution in [0.5, 0.6) is 0 Å². The molecule has 0 aromatic heterocycles. The van der Waals surface area contributed by atoms with E-state index in [0.717, 1.165) is 11.1 Å². The minimum Gasteiger partial charge on any atom is -0.355 e. The van der Waals surface area contributed by atoms with E-state index in [0.29, 0.717) is 18.0 Å². The number of sulfonamides is 1. The van der Waals surface area contributed by atoms with Crippen LogP contribution in [0.4, 0.5) is 0 Å². The smallest absolute Gasteiger partial charge is 0.243 e. The number of benzene rings is 1. The zero-order valence-electron chi connectivity index (χ0n) is 11.1. The number of hydrogen-bond donors (Lipinski definition) is 1. The Hall–Kier alpha value is -1.40. The average molecular weight is 282 g/mol. The fraction of sp³-hybridized carbons (Fsp3) is 0.462. The lowest BCUT2D eigenvalue weighted by Crippen LogP contribution is -2.34. The van der Waals surface area contributed by atoms with E-state index in [1.54, 1.807) is 12.1 Å². The predicted molar refractivity (Wildman–Crippen MR) is 72.3 cm³/mol. The molecule has 2 rings (SSSR count). The molecule has 1 saturated heterocycles. The Morgan fingerprint density at radius 3 is 2.37 bits per heavy atom. The van der Waals surface area contributed by atoms with E-state index in [4.69, 9.17) is 0 Å². The zero-order chi connectivity index (χ0) is 14.0. The number of carbonyl (C=O) groups is 1. The fourth-order valence-electron chi connectivity index (χ4n) is 2.22. The van der Waals surface area contributed by atoms with Crippen molar-refractivity contribution < 1.29 is 13.2 Å². The van der Waals surface area contributed by atoms with Gasteiger partial charge in [-0.25, -0.2) is 8.42 Å². The maximum absolute atomic E-state index is 12.5. The molecule has 0 spiro atoms. The second-order valence-electron chi connectivity index (χ2n) is 4.83. The van der Waals surface area contributed by atoms with Crippen molar-refractivity contribution in [2.45, 2.75) is 25.2 Å². The highest BCUT2D eigenvalue weighted by Gasteiger charge is 2.26. The van der Waals surface area contributed by atoms with Crippen LogP contribution < -0.4 is 5.32 Å². The van der Waals surface area contributed by atoms with Crippen molar-refractivity contribution in [3.8, 4) is 0 Å². The molecule has 1 aromatic carbocycles. The number of aryl methyl sites for hydroxylation is 2. The third-order valence-corrected chi connectivity index (χ3v) is 4.98. The Labute approximate surface area is 113 Å². The maximum Gasteiger partial charge on any atom is 0.243 e. The molecule has 0 atom stereocenters. The van der Waals surface area contributed by atoms with Crippen molar-refractivity contribution >= 4 is 15.9 Å². The van der Waals surface area contributed by atoms with Gasteiger partial charge in [-0.2, -0.15) is 4.31 Å². The van der Waals surface area contributed by atoms with E-state index in [1.165, 1.54) is 4.31 Å². The molecule has 1 fully saturated rings. The first kappa shape index (κ1) is 14.0. The van der Waals surface area contributed by atoms with Crippen LogP contribution in [0.3, 0.4) is 0 Å². The van der Waals surface area contributed by atoms with Crippen molar-refractivity contribution in [3.63, 3.8) is 0 Å². The summed E-state index contributed by atoms with van der Waals surface area (Å²) in [6.07, 6.45) is 0.212. The highest BCUT2D eigenvalue weighted by atomic mass is 32.2. The van der Waals surface area contributed by atoms with Crippen LogP contribution in [0, 0.1) is 13.8 Å². The van der Waals surface area contributed by atoms with Gasteiger partial charge in [-0.05, 0) is 37.1 Å². The van der Waals surface area contributed by atoms with Crippen LogP contribution in [-0.2, 0) is 14.8 Å². The molecule has 0 unspecified atom stereocenters. The van der Waals surface area contributed by atoms with Crippen molar-refractivity contribution in [1.82, 2.24) is 9.62 Å². The first-order valence-corrected chi connectivity index (χ1v) is 7.69. The second kappa shape index (κ2) is 5.30. The molecule has 1 N–H and O–H groups in total. The predicted octanol–water partition coefficient (Wildman–Crippen LogP) is 0.814. The van der Waals surface area contributed by atoms with Crippen molar-refractivity contribution in [1.29, 1.82) is 0 Å². The summed E-state index contributed by atoms with van der Waals surface area (Å²) in [5.41, 5.74) is 1.84. The topological polar surface area (TPSA) is 66.5 Å². The molecule has 0 bridgehead atoms. The van der Waals surface area contributed by atoms with Gasteiger partial charge in [0.1, 0.15) is 0 Å². The van der Waals surface area contributed by atoms with Gasteiger partial charge in [0.25, 0.3) is 0 Å². The van der Waals surface area contributed by atoms with E-state index in [-0.39, 0.29) is 18.9 Å². The minimum absolute atomic E-state index is 0.0990.